The van der Waals surface area contributed by atoms with Gasteiger partial charge in [0.05, 0.1) is 23.8 Å². The van der Waals surface area contributed by atoms with Crippen LogP contribution in [0.2, 0.25) is 0 Å². The highest BCUT2D eigenvalue weighted by molar-refractivity contribution is 6.03. The lowest BCUT2D eigenvalue weighted by Gasteiger charge is -2.13. The maximum Gasteiger partial charge on any atom is 0.163 e. The summed E-state index contributed by atoms with van der Waals surface area (Å²) in [5.41, 5.74) is 1.56. The molecule has 3 rings (SSSR count). The van der Waals surface area contributed by atoms with Crippen LogP contribution >= 0.6 is 0 Å². The standard InChI is InChI=1S/C17H16N2O2/c1-12(20)15-8-7-13-5-3-4-6-16(13)17(15)21-10-14-9-18-11-19(14)2/h3-9,11H,10H2,1-2H3. The number of aryl methyl sites for hydroxylation is 1. The highest BCUT2D eigenvalue weighted by Gasteiger charge is 2.13. The number of carbonyl (C=O) groups is 1. The third-order valence-electron chi connectivity index (χ3n) is 3.54. The van der Waals surface area contributed by atoms with Crippen molar-refractivity contribution in [2.45, 2.75) is 13.5 Å². The third-order valence-corrected chi connectivity index (χ3v) is 3.54. The molecule has 0 aliphatic carbocycles. The predicted octanol–water partition coefficient (Wildman–Crippen LogP) is 3.35. The molecule has 0 unspecified atom stereocenters. The normalized spacial score (nSPS) is 10.8. The van der Waals surface area contributed by atoms with Crippen LogP contribution in [-0.2, 0) is 13.7 Å². The molecular weight excluding hydrogens is 264 g/mol. The molecule has 21 heavy (non-hydrogen) atoms. The lowest BCUT2D eigenvalue weighted by Crippen LogP contribution is -2.05. The second-order valence-corrected chi connectivity index (χ2v) is 5.00. The second kappa shape index (κ2) is 5.40. The number of nitrogens with zero attached hydrogens (tertiary/aromatic N) is 2. The molecule has 4 heteroatoms. The number of benzene rings is 2. The number of aromatic nitrogens is 2. The molecule has 0 spiro atoms. The topological polar surface area (TPSA) is 44.1 Å². The molecule has 0 N–H and O–H groups in total. The molecule has 1 aromatic heterocycles. The Morgan fingerprint density at radius 3 is 2.76 bits per heavy atom. The number of ether oxygens (including phenoxy) is 1. The fourth-order valence-electron chi connectivity index (χ4n) is 2.35. The average molecular weight is 280 g/mol. The van der Waals surface area contributed by atoms with Crippen LogP contribution in [0.4, 0.5) is 0 Å². The van der Waals surface area contributed by atoms with Crippen molar-refractivity contribution in [3.63, 3.8) is 0 Å². The molecular formula is C17H16N2O2. The van der Waals surface area contributed by atoms with Crippen molar-refractivity contribution in [2.75, 3.05) is 0 Å². The highest BCUT2D eigenvalue weighted by Crippen LogP contribution is 2.30. The van der Waals surface area contributed by atoms with Crippen LogP contribution in [0.25, 0.3) is 10.8 Å². The quantitative estimate of drug-likeness (QED) is 0.688. The molecule has 0 aliphatic rings. The lowest BCUT2D eigenvalue weighted by atomic mass is 10.0. The van der Waals surface area contributed by atoms with E-state index < -0.39 is 0 Å². The fraction of sp³-hybridized carbons (Fsp3) is 0.176. The van der Waals surface area contributed by atoms with Gasteiger partial charge in [0.2, 0.25) is 0 Å². The molecule has 0 radical (unpaired) electrons. The maximum atomic E-state index is 11.8. The van der Waals surface area contributed by atoms with E-state index in [4.69, 9.17) is 4.74 Å². The van der Waals surface area contributed by atoms with Crippen LogP contribution in [0.5, 0.6) is 5.75 Å². The summed E-state index contributed by atoms with van der Waals surface area (Å²) >= 11 is 0. The first kappa shape index (κ1) is 13.4. The summed E-state index contributed by atoms with van der Waals surface area (Å²) in [6, 6.07) is 11.7. The Morgan fingerprint density at radius 2 is 2.05 bits per heavy atom. The molecule has 1 heterocycles. The third kappa shape index (κ3) is 2.52. The van der Waals surface area contributed by atoms with Gasteiger partial charge in [-0.3, -0.25) is 4.79 Å². The largest absolute Gasteiger partial charge is 0.486 e. The SMILES string of the molecule is CC(=O)c1ccc2ccccc2c1OCc1cncn1C. The van der Waals surface area contributed by atoms with Gasteiger partial charge in [0.1, 0.15) is 12.4 Å². The minimum absolute atomic E-state index is 0.000703. The van der Waals surface area contributed by atoms with Gasteiger partial charge in [-0.2, -0.15) is 0 Å². The highest BCUT2D eigenvalue weighted by atomic mass is 16.5. The number of rotatable bonds is 4. The smallest absolute Gasteiger partial charge is 0.163 e. The van der Waals surface area contributed by atoms with E-state index in [0.717, 1.165) is 16.5 Å². The molecule has 0 amide bonds. The summed E-state index contributed by atoms with van der Waals surface area (Å²) in [6.07, 6.45) is 3.49. The Kier molecular flexibility index (Phi) is 3.44. The summed E-state index contributed by atoms with van der Waals surface area (Å²) < 4.78 is 7.86. The fourth-order valence-corrected chi connectivity index (χ4v) is 2.35. The number of hydrogen-bond acceptors (Lipinski definition) is 3. The number of hydrogen-bond donors (Lipinski definition) is 0. The summed E-state index contributed by atoms with van der Waals surface area (Å²) in [5, 5.41) is 2.01. The van der Waals surface area contributed by atoms with E-state index in [2.05, 4.69) is 4.98 Å². The number of carbonyl (C=O) groups excluding carboxylic acids is 1. The first-order valence-corrected chi connectivity index (χ1v) is 6.77. The van der Waals surface area contributed by atoms with Crippen molar-refractivity contribution in [1.29, 1.82) is 0 Å². The molecule has 3 aromatic rings. The molecule has 2 aromatic carbocycles. The van der Waals surface area contributed by atoms with Gasteiger partial charge in [-0.05, 0) is 18.4 Å². The van der Waals surface area contributed by atoms with E-state index in [1.807, 2.05) is 48.0 Å². The molecule has 106 valence electrons. The summed E-state index contributed by atoms with van der Waals surface area (Å²) in [4.78, 5) is 15.9. The van der Waals surface area contributed by atoms with E-state index in [-0.39, 0.29) is 5.78 Å². The second-order valence-electron chi connectivity index (χ2n) is 5.00. The van der Waals surface area contributed by atoms with Gasteiger partial charge in [-0.15, -0.1) is 0 Å². The van der Waals surface area contributed by atoms with E-state index in [0.29, 0.717) is 17.9 Å². The van der Waals surface area contributed by atoms with Gasteiger partial charge in [-0.25, -0.2) is 4.98 Å². The molecule has 0 saturated carbocycles. The Morgan fingerprint density at radius 1 is 1.24 bits per heavy atom. The minimum Gasteiger partial charge on any atom is -0.486 e. The number of Topliss-reactive ketones (excluding diaryl/α,β-unsaturated/α-hetero) is 1. The molecule has 0 bridgehead atoms. The Balaban J connectivity index is 2.04. The van der Waals surface area contributed by atoms with Crippen LogP contribution < -0.4 is 4.74 Å². The number of fused-ring (bicyclic) bond motifs is 1. The zero-order chi connectivity index (χ0) is 14.8. The first-order valence-electron chi connectivity index (χ1n) is 6.77. The zero-order valence-electron chi connectivity index (χ0n) is 12.0. The van der Waals surface area contributed by atoms with Crippen LogP contribution in [0.15, 0.2) is 48.9 Å². The van der Waals surface area contributed by atoms with E-state index >= 15 is 0 Å². The minimum atomic E-state index is 0.000703. The maximum absolute atomic E-state index is 11.8. The van der Waals surface area contributed by atoms with Crippen LogP contribution in [0, 0.1) is 0 Å². The van der Waals surface area contributed by atoms with Crippen molar-refractivity contribution in [1.82, 2.24) is 9.55 Å². The zero-order valence-corrected chi connectivity index (χ0v) is 12.0. The van der Waals surface area contributed by atoms with Crippen LogP contribution in [-0.4, -0.2) is 15.3 Å². The lowest BCUT2D eigenvalue weighted by molar-refractivity contribution is 0.101. The van der Waals surface area contributed by atoms with Gasteiger partial charge in [-0.1, -0.05) is 30.3 Å². The van der Waals surface area contributed by atoms with Crippen LogP contribution in [0.3, 0.4) is 0 Å². The van der Waals surface area contributed by atoms with Crippen molar-refractivity contribution in [3.05, 3.63) is 60.2 Å². The number of ketones is 1. The van der Waals surface area contributed by atoms with Crippen molar-refractivity contribution in [3.8, 4) is 5.75 Å². The molecule has 0 fully saturated rings. The predicted molar refractivity (Wildman–Crippen MR) is 81.5 cm³/mol. The van der Waals surface area contributed by atoms with Crippen LogP contribution in [0.1, 0.15) is 23.0 Å². The Hall–Kier alpha value is -2.62. The van der Waals surface area contributed by atoms with E-state index in [9.17, 15) is 4.79 Å². The van der Waals surface area contributed by atoms with E-state index in [1.54, 1.807) is 19.4 Å². The monoisotopic (exact) mass is 280 g/mol. The molecule has 0 saturated heterocycles. The van der Waals surface area contributed by atoms with Gasteiger partial charge in [0.15, 0.2) is 5.78 Å². The molecule has 0 aliphatic heterocycles. The molecule has 0 atom stereocenters. The van der Waals surface area contributed by atoms with Crippen molar-refractivity contribution >= 4 is 16.6 Å². The van der Waals surface area contributed by atoms with Gasteiger partial charge in [0.25, 0.3) is 0 Å². The average Bonchev–Trinajstić information content (AvgIpc) is 2.89. The summed E-state index contributed by atoms with van der Waals surface area (Å²) in [7, 11) is 1.92. The van der Waals surface area contributed by atoms with Gasteiger partial charge >= 0.3 is 0 Å². The number of imidazole rings is 1. The molecule has 4 nitrogen and oxygen atoms in total. The summed E-state index contributed by atoms with van der Waals surface area (Å²) in [6.45, 7) is 1.94. The van der Waals surface area contributed by atoms with E-state index in [1.165, 1.54) is 0 Å². The Labute approximate surface area is 123 Å². The first-order chi connectivity index (χ1) is 10.2. The Bertz CT molecular complexity index is 805. The van der Waals surface area contributed by atoms with Crippen molar-refractivity contribution in [2.24, 2.45) is 7.05 Å². The van der Waals surface area contributed by atoms with Gasteiger partial charge < -0.3 is 9.30 Å². The summed E-state index contributed by atoms with van der Waals surface area (Å²) in [5.74, 6) is 0.641. The van der Waals surface area contributed by atoms with Gasteiger partial charge in [0, 0.05) is 12.4 Å². The van der Waals surface area contributed by atoms with Crippen molar-refractivity contribution < 1.29 is 9.53 Å².